The molecule has 3 heterocycles. The molecule has 0 unspecified atom stereocenters. The molecule has 1 saturated heterocycles. The molecular weight excluding hydrogens is 330 g/mol. The van der Waals surface area contributed by atoms with E-state index in [-0.39, 0.29) is 12.0 Å². The minimum Gasteiger partial charge on any atom is -0.368 e. The Balaban J connectivity index is 1.78. The normalized spacial score (nSPS) is 17.8. The lowest BCUT2D eigenvalue weighted by molar-refractivity contribution is -0.0250. The van der Waals surface area contributed by atoms with E-state index in [9.17, 15) is 4.79 Å². The molecule has 3 rings (SSSR count). The molecule has 128 valence electrons. The third kappa shape index (κ3) is 3.37. The molecule has 2 aromatic heterocycles. The number of nitrogens with zero attached hydrogens (tertiary/aromatic N) is 5. The van der Waals surface area contributed by atoms with E-state index < -0.39 is 0 Å². The quantitative estimate of drug-likeness (QED) is 0.844. The predicted octanol–water partition coefficient (Wildman–Crippen LogP) is 1.75. The van der Waals surface area contributed by atoms with Crippen LogP contribution in [0.25, 0.3) is 0 Å². The monoisotopic (exact) mass is 349 g/mol. The Labute approximate surface area is 145 Å². The van der Waals surface area contributed by atoms with Gasteiger partial charge in [-0.3, -0.25) is 4.79 Å². The number of anilines is 1. The summed E-state index contributed by atoms with van der Waals surface area (Å²) >= 11 is 5.98. The number of aromatic nitrogens is 3. The molecule has 1 fully saturated rings. The number of amides is 1. The lowest BCUT2D eigenvalue weighted by atomic mass is 10.2. The second-order valence-corrected chi connectivity index (χ2v) is 6.38. The van der Waals surface area contributed by atoms with Crippen LogP contribution in [0, 0.1) is 0 Å². The van der Waals surface area contributed by atoms with Crippen LogP contribution in [0.5, 0.6) is 0 Å². The van der Waals surface area contributed by atoms with E-state index in [1.165, 1.54) is 0 Å². The van der Waals surface area contributed by atoms with Crippen LogP contribution in [0.15, 0.2) is 24.5 Å². The zero-order valence-electron chi connectivity index (χ0n) is 13.9. The Bertz CT molecular complexity index is 746. The summed E-state index contributed by atoms with van der Waals surface area (Å²) in [4.78, 5) is 25.1. The lowest BCUT2D eigenvalue weighted by Gasteiger charge is -2.32. The van der Waals surface area contributed by atoms with Gasteiger partial charge in [0.05, 0.1) is 23.9 Å². The number of carbonyl (C=O) groups is 1. The lowest BCUT2D eigenvalue weighted by Crippen LogP contribution is -2.43. The van der Waals surface area contributed by atoms with E-state index >= 15 is 0 Å². The van der Waals surface area contributed by atoms with Crippen molar-refractivity contribution in [1.82, 2.24) is 19.4 Å². The van der Waals surface area contributed by atoms with Crippen LogP contribution >= 0.6 is 11.6 Å². The highest BCUT2D eigenvalue weighted by atomic mass is 35.5. The Morgan fingerprint density at radius 2 is 2.25 bits per heavy atom. The number of hydrogen-bond acceptors (Lipinski definition) is 5. The molecule has 0 N–H and O–H groups in total. The zero-order chi connectivity index (χ0) is 17.3. The number of aryl methyl sites for hydroxylation is 1. The van der Waals surface area contributed by atoms with Crippen LogP contribution in [0.4, 0.5) is 5.95 Å². The highest BCUT2D eigenvalue weighted by Crippen LogP contribution is 2.23. The Kier molecular flexibility index (Phi) is 4.73. The molecule has 1 amide bonds. The van der Waals surface area contributed by atoms with Crippen LogP contribution in [0.3, 0.4) is 0 Å². The molecule has 2 aromatic rings. The van der Waals surface area contributed by atoms with Gasteiger partial charge in [0.25, 0.3) is 5.91 Å². The molecule has 7 nitrogen and oxygen atoms in total. The largest absolute Gasteiger partial charge is 0.368 e. The van der Waals surface area contributed by atoms with E-state index in [0.717, 1.165) is 5.69 Å². The average Bonchev–Trinajstić information content (AvgIpc) is 2.92. The average molecular weight is 350 g/mol. The van der Waals surface area contributed by atoms with Gasteiger partial charge in [-0.05, 0) is 12.1 Å². The molecule has 1 aliphatic rings. The van der Waals surface area contributed by atoms with Crippen LogP contribution in [-0.2, 0) is 11.8 Å². The number of halogens is 1. The summed E-state index contributed by atoms with van der Waals surface area (Å²) in [6, 6.07) is 3.51. The van der Waals surface area contributed by atoms with Crippen molar-refractivity contribution in [2.24, 2.45) is 7.05 Å². The maximum Gasteiger partial charge on any atom is 0.270 e. The zero-order valence-corrected chi connectivity index (χ0v) is 14.7. The summed E-state index contributed by atoms with van der Waals surface area (Å²) in [5.41, 5.74) is 1.34. The van der Waals surface area contributed by atoms with Crippen molar-refractivity contribution in [3.8, 4) is 0 Å². The minimum atomic E-state index is -0.264. The smallest absolute Gasteiger partial charge is 0.270 e. The number of carbonyl (C=O) groups excluding carboxylic acids is 1. The predicted molar refractivity (Wildman–Crippen MR) is 91.4 cm³/mol. The fourth-order valence-corrected chi connectivity index (χ4v) is 2.92. The van der Waals surface area contributed by atoms with Crippen molar-refractivity contribution in [3.05, 3.63) is 40.9 Å². The molecule has 24 heavy (non-hydrogen) atoms. The fraction of sp³-hybridized carbons (Fsp3) is 0.438. The first kappa shape index (κ1) is 16.7. The molecule has 0 spiro atoms. The highest BCUT2D eigenvalue weighted by Gasteiger charge is 2.28. The third-order valence-electron chi connectivity index (χ3n) is 3.94. The van der Waals surface area contributed by atoms with Crippen molar-refractivity contribution in [1.29, 1.82) is 0 Å². The fourth-order valence-electron chi connectivity index (χ4n) is 2.67. The van der Waals surface area contributed by atoms with Crippen molar-refractivity contribution in [3.63, 3.8) is 0 Å². The molecule has 0 bridgehead atoms. The summed E-state index contributed by atoms with van der Waals surface area (Å²) < 4.78 is 7.55. The highest BCUT2D eigenvalue weighted by molar-refractivity contribution is 6.31. The van der Waals surface area contributed by atoms with E-state index in [0.29, 0.717) is 36.4 Å². The Morgan fingerprint density at radius 3 is 2.92 bits per heavy atom. The van der Waals surface area contributed by atoms with Gasteiger partial charge in [-0.2, -0.15) is 0 Å². The van der Waals surface area contributed by atoms with Gasteiger partial charge in [-0.15, -0.1) is 0 Å². The summed E-state index contributed by atoms with van der Waals surface area (Å²) in [5.74, 6) is 0.563. The Morgan fingerprint density at radius 1 is 1.46 bits per heavy atom. The molecule has 0 aromatic carbocycles. The van der Waals surface area contributed by atoms with Crippen LogP contribution in [0.2, 0.25) is 5.02 Å². The minimum absolute atomic E-state index is 0.0559. The van der Waals surface area contributed by atoms with E-state index in [1.54, 1.807) is 27.9 Å². The first-order valence-electron chi connectivity index (χ1n) is 7.68. The van der Waals surface area contributed by atoms with E-state index in [4.69, 9.17) is 16.3 Å². The molecule has 0 radical (unpaired) electrons. The molecule has 8 heteroatoms. The second kappa shape index (κ2) is 6.78. The van der Waals surface area contributed by atoms with Crippen LogP contribution < -0.4 is 4.90 Å². The third-order valence-corrected chi connectivity index (χ3v) is 4.15. The van der Waals surface area contributed by atoms with Crippen molar-refractivity contribution >= 4 is 23.5 Å². The topological polar surface area (TPSA) is 63.5 Å². The van der Waals surface area contributed by atoms with Gasteiger partial charge in [-0.25, -0.2) is 9.97 Å². The molecule has 1 atom stereocenters. The summed E-state index contributed by atoms with van der Waals surface area (Å²) in [6.45, 7) is 1.46. The van der Waals surface area contributed by atoms with Gasteiger partial charge in [0.2, 0.25) is 5.95 Å². The number of rotatable bonds is 3. The van der Waals surface area contributed by atoms with Gasteiger partial charge in [-0.1, -0.05) is 11.6 Å². The van der Waals surface area contributed by atoms with Gasteiger partial charge in [0, 0.05) is 40.1 Å². The summed E-state index contributed by atoms with van der Waals surface area (Å²) in [6.07, 6.45) is 3.17. The van der Waals surface area contributed by atoms with Gasteiger partial charge in [0.15, 0.2) is 0 Å². The van der Waals surface area contributed by atoms with E-state index in [2.05, 4.69) is 9.97 Å². The van der Waals surface area contributed by atoms with Gasteiger partial charge < -0.3 is 19.1 Å². The van der Waals surface area contributed by atoms with Crippen LogP contribution in [-0.4, -0.2) is 59.1 Å². The van der Waals surface area contributed by atoms with Crippen LogP contribution in [0.1, 0.15) is 22.3 Å². The SMILES string of the molecule is CN(C)c1nccc([C@H]2CN(C(=O)c3cc(Cl)cn3C)CCO2)n1. The molecule has 1 aliphatic heterocycles. The standard InChI is InChI=1S/C16H20ClN5O2/c1-20(2)16-18-5-4-12(19-16)14-10-22(6-7-24-14)15(23)13-8-11(17)9-21(13)3/h4-5,8-9,14H,6-7,10H2,1-3H3/t14-/m1/s1. The maximum absolute atomic E-state index is 12.7. The molecule has 0 aliphatic carbocycles. The number of morpholine rings is 1. The Hall–Kier alpha value is -2.12. The number of hydrogen-bond donors (Lipinski definition) is 0. The van der Waals surface area contributed by atoms with Crippen molar-refractivity contribution in [2.45, 2.75) is 6.10 Å². The van der Waals surface area contributed by atoms with Crippen molar-refractivity contribution in [2.75, 3.05) is 38.7 Å². The summed E-state index contributed by atoms with van der Waals surface area (Å²) in [5, 5.41) is 0.553. The first-order valence-corrected chi connectivity index (χ1v) is 8.06. The summed E-state index contributed by atoms with van der Waals surface area (Å²) in [7, 11) is 5.58. The van der Waals surface area contributed by atoms with Gasteiger partial charge in [0.1, 0.15) is 11.8 Å². The number of ether oxygens (including phenoxy) is 1. The second-order valence-electron chi connectivity index (χ2n) is 5.94. The first-order chi connectivity index (χ1) is 11.5. The van der Waals surface area contributed by atoms with Gasteiger partial charge >= 0.3 is 0 Å². The van der Waals surface area contributed by atoms with Crippen molar-refractivity contribution < 1.29 is 9.53 Å². The molecule has 0 saturated carbocycles. The maximum atomic E-state index is 12.7. The van der Waals surface area contributed by atoms with E-state index in [1.807, 2.05) is 32.1 Å². The molecular formula is C16H20ClN5O2.